The highest BCUT2D eigenvalue weighted by Gasteiger charge is 2.07. The smallest absolute Gasteiger partial charge is 0.309 e. The lowest BCUT2D eigenvalue weighted by Gasteiger charge is -1.98. The highest BCUT2D eigenvalue weighted by atomic mass is 19.1. The second-order valence-electron chi connectivity index (χ2n) is 2.27. The van der Waals surface area contributed by atoms with E-state index in [0.717, 1.165) is 6.07 Å². The maximum Gasteiger partial charge on any atom is 0.309 e. The highest BCUT2D eigenvalue weighted by molar-refractivity contribution is 5.69. The van der Waals surface area contributed by atoms with E-state index >= 15 is 0 Å². The van der Waals surface area contributed by atoms with Crippen molar-refractivity contribution in [2.24, 2.45) is 0 Å². The van der Waals surface area contributed by atoms with E-state index in [4.69, 9.17) is 10.8 Å². The number of hydrogen-bond acceptors (Lipinski definition) is 3. The summed E-state index contributed by atoms with van der Waals surface area (Å²) < 4.78 is 12.8. The first-order valence-corrected chi connectivity index (χ1v) is 3.21. The Morgan fingerprint density at radius 2 is 2.42 bits per heavy atom. The Bertz CT molecular complexity index is 314. The van der Waals surface area contributed by atoms with E-state index < -0.39 is 18.2 Å². The van der Waals surface area contributed by atoms with Gasteiger partial charge >= 0.3 is 5.97 Å². The van der Waals surface area contributed by atoms with Crippen LogP contribution in [0.3, 0.4) is 0 Å². The Kier molecular flexibility index (Phi) is 2.23. The molecule has 3 N–H and O–H groups in total. The number of nitrogens with zero attached hydrogens (tertiary/aromatic N) is 1. The standard InChI is InChI=1S/C7H7FN2O2/c8-5-1-4(9)3-10-6(5)2-7(11)12/h1,3H,2,9H2,(H,11,12). The highest BCUT2D eigenvalue weighted by Crippen LogP contribution is 2.08. The molecule has 0 aliphatic heterocycles. The molecule has 4 nitrogen and oxygen atoms in total. The molecule has 0 saturated heterocycles. The first-order chi connectivity index (χ1) is 5.59. The maximum absolute atomic E-state index is 12.8. The average molecular weight is 170 g/mol. The number of aromatic nitrogens is 1. The number of rotatable bonds is 2. The van der Waals surface area contributed by atoms with Crippen LogP contribution in [-0.4, -0.2) is 16.1 Å². The number of aliphatic carboxylic acids is 1. The molecule has 64 valence electrons. The second kappa shape index (κ2) is 3.17. The molecular weight excluding hydrogens is 163 g/mol. The van der Waals surface area contributed by atoms with Gasteiger partial charge in [0.25, 0.3) is 0 Å². The number of nitrogens with two attached hydrogens (primary N) is 1. The first kappa shape index (κ1) is 8.45. The Balaban J connectivity index is 2.93. The van der Waals surface area contributed by atoms with Crippen LogP contribution in [0.1, 0.15) is 5.69 Å². The molecule has 0 aliphatic carbocycles. The van der Waals surface area contributed by atoms with Gasteiger partial charge in [-0.15, -0.1) is 0 Å². The van der Waals surface area contributed by atoms with Crippen LogP contribution in [-0.2, 0) is 11.2 Å². The summed E-state index contributed by atoms with van der Waals surface area (Å²) in [4.78, 5) is 13.7. The van der Waals surface area contributed by atoms with Gasteiger partial charge in [0, 0.05) is 6.07 Å². The summed E-state index contributed by atoms with van der Waals surface area (Å²) in [5.74, 6) is -1.80. The van der Waals surface area contributed by atoms with Gasteiger partial charge in [-0.3, -0.25) is 9.78 Å². The molecule has 0 atom stereocenters. The lowest BCUT2D eigenvalue weighted by molar-refractivity contribution is -0.136. The van der Waals surface area contributed by atoms with Crippen LogP contribution >= 0.6 is 0 Å². The van der Waals surface area contributed by atoms with Gasteiger partial charge in [-0.2, -0.15) is 0 Å². The van der Waals surface area contributed by atoms with Gasteiger partial charge in [0.1, 0.15) is 5.82 Å². The summed E-state index contributed by atoms with van der Waals surface area (Å²) in [6.45, 7) is 0. The van der Waals surface area contributed by atoms with E-state index in [2.05, 4.69) is 4.98 Å². The third kappa shape index (κ3) is 1.91. The van der Waals surface area contributed by atoms with Gasteiger partial charge in [-0.05, 0) is 0 Å². The summed E-state index contributed by atoms with van der Waals surface area (Å²) in [6.07, 6.45) is 0.799. The molecule has 0 bridgehead atoms. The number of halogens is 1. The molecule has 0 amide bonds. The van der Waals surface area contributed by atoms with Gasteiger partial charge < -0.3 is 10.8 Å². The molecule has 5 heteroatoms. The van der Waals surface area contributed by atoms with Crippen molar-refractivity contribution in [1.29, 1.82) is 0 Å². The van der Waals surface area contributed by atoms with E-state index in [-0.39, 0.29) is 11.4 Å². The van der Waals surface area contributed by atoms with Crippen LogP contribution in [0.25, 0.3) is 0 Å². The van der Waals surface area contributed by atoms with Crippen LogP contribution in [0, 0.1) is 5.82 Å². The predicted octanol–water partition coefficient (Wildman–Crippen LogP) is 0.430. The first-order valence-electron chi connectivity index (χ1n) is 3.21. The normalized spacial score (nSPS) is 9.75. The molecule has 1 rings (SSSR count). The van der Waals surface area contributed by atoms with Crippen LogP contribution < -0.4 is 5.73 Å². The quantitative estimate of drug-likeness (QED) is 0.674. The minimum absolute atomic E-state index is 0.100. The van der Waals surface area contributed by atoms with Crippen molar-refractivity contribution >= 4 is 11.7 Å². The lowest BCUT2D eigenvalue weighted by Crippen LogP contribution is -2.05. The van der Waals surface area contributed by atoms with Gasteiger partial charge in [0.05, 0.1) is 24.0 Å². The van der Waals surface area contributed by atoms with E-state index in [1.54, 1.807) is 0 Å². The number of hydrogen-bond donors (Lipinski definition) is 2. The van der Waals surface area contributed by atoms with Gasteiger partial charge in [0.15, 0.2) is 0 Å². The molecule has 0 unspecified atom stereocenters. The van der Waals surface area contributed by atoms with Crippen molar-refractivity contribution in [1.82, 2.24) is 4.98 Å². The molecule has 0 radical (unpaired) electrons. The van der Waals surface area contributed by atoms with Crippen molar-refractivity contribution in [2.75, 3.05) is 5.73 Å². The Morgan fingerprint density at radius 3 is 2.92 bits per heavy atom. The van der Waals surface area contributed by atoms with Crippen LogP contribution in [0.2, 0.25) is 0 Å². The van der Waals surface area contributed by atoms with Crippen LogP contribution in [0.15, 0.2) is 12.3 Å². The monoisotopic (exact) mass is 170 g/mol. The molecule has 1 aromatic heterocycles. The SMILES string of the molecule is Nc1cnc(CC(=O)O)c(F)c1. The van der Waals surface area contributed by atoms with Crippen LogP contribution in [0.4, 0.5) is 10.1 Å². The van der Waals surface area contributed by atoms with E-state index in [1.807, 2.05) is 0 Å². The molecule has 0 saturated carbocycles. The predicted molar refractivity (Wildman–Crippen MR) is 39.9 cm³/mol. The number of anilines is 1. The zero-order valence-electron chi connectivity index (χ0n) is 6.12. The number of carboxylic acid groups (broad SMARTS) is 1. The molecular formula is C7H7FN2O2. The Labute approximate surface area is 67.8 Å². The summed E-state index contributed by atoms with van der Waals surface area (Å²) >= 11 is 0. The summed E-state index contributed by atoms with van der Waals surface area (Å²) in [6, 6.07) is 1.05. The molecule has 0 fully saturated rings. The largest absolute Gasteiger partial charge is 0.481 e. The van der Waals surface area contributed by atoms with Gasteiger partial charge in [-0.25, -0.2) is 4.39 Å². The number of carbonyl (C=O) groups is 1. The zero-order valence-corrected chi connectivity index (χ0v) is 6.12. The van der Waals surface area contributed by atoms with Crippen molar-refractivity contribution in [3.8, 4) is 0 Å². The fourth-order valence-electron chi connectivity index (χ4n) is 0.754. The molecule has 1 heterocycles. The topological polar surface area (TPSA) is 76.2 Å². The average Bonchev–Trinajstić information content (AvgIpc) is 1.94. The fraction of sp³-hybridized carbons (Fsp3) is 0.143. The van der Waals surface area contributed by atoms with E-state index in [1.165, 1.54) is 6.20 Å². The summed E-state index contributed by atoms with van der Waals surface area (Å²) in [7, 11) is 0. The van der Waals surface area contributed by atoms with E-state index in [0.29, 0.717) is 0 Å². The number of nitrogen functional groups attached to an aromatic ring is 1. The molecule has 1 aromatic rings. The molecule has 0 aliphatic rings. The van der Waals surface area contributed by atoms with E-state index in [9.17, 15) is 9.18 Å². The lowest BCUT2D eigenvalue weighted by atomic mass is 10.2. The summed E-state index contributed by atoms with van der Waals surface area (Å²) in [5.41, 5.74) is 5.29. The maximum atomic E-state index is 12.8. The molecule has 12 heavy (non-hydrogen) atoms. The third-order valence-electron chi connectivity index (χ3n) is 1.26. The third-order valence-corrected chi connectivity index (χ3v) is 1.26. The van der Waals surface area contributed by atoms with Crippen LogP contribution in [0.5, 0.6) is 0 Å². The van der Waals surface area contributed by atoms with Gasteiger partial charge in [-0.1, -0.05) is 0 Å². The van der Waals surface area contributed by atoms with Crippen molar-refractivity contribution in [3.63, 3.8) is 0 Å². The minimum Gasteiger partial charge on any atom is -0.481 e. The summed E-state index contributed by atoms with van der Waals surface area (Å²) in [5, 5.41) is 8.32. The van der Waals surface area contributed by atoms with Crippen molar-refractivity contribution in [3.05, 3.63) is 23.8 Å². The Morgan fingerprint density at radius 1 is 1.75 bits per heavy atom. The minimum atomic E-state index is -1.12. The number of pyridine rings is 1. The number of carboxylic acids is 1. The fourth-order valence-corrected chi connectivity index (χ4v) is 0.754. The van der Waals surface area contributed by atoms with Crippen molar-refractivity contribution < 1.29 is 14.3 Å². The zero-order chi connectivity index (χ0) is 9.14. The van der Waals surface area contributed by atoms with Crippen molar-refractivity contribution in [2.45, 2.75) is 6.42 Å². The van der Waals surface area contributed by atoms with Gasteiger partial charge in [0.2, 0.25) is 0 Å². The molecule has 0 aromatic carbocycles. The Hall–Kier alpha value is -1.65. The molecule has 0 spiro atoms. The second-order valence-corrected chi connectivity index (χ2v) is 2.27.